The highest BCUT2D eigenvalue weighted by atomic mass is 79.9. The summed E-state index contributed by atoms with van der Waals surface area (Å²) in [5.74, 6) is 0.258. The van der Waals surface area contributed by atoms with Gasteiger partial charge in [0, 0.05) is 31.9 Å². The molecule has 0 spiro atoms. The van der Waals surface area contributed by atoms with Crippen molar-refractivity contribution in [2.75, 3.05) is 45.2 Å². The second-order valence-electron chi connectivity index (χ2n) is 8.96. The first-order valence-electron chi connectivity index (χ1n) is 10.5. The fourth-order valence-corrected chi connectivity index (χ4v) is 5.23. The van der Waals surface area contributed by atoms with Crippen molar-refractivity contribution < 1.29 is 17.9 Å². The van der Waals surface area contributed by atoms with Crippen LogP contribution in [0.2, 0.25) is 0 Å². The number of hydrogen-bond donors (Lipinski definition) is 1. The maximum atomic E-state index is 12.8. The Morgan fingerprint density at radius 3 is 2.25 bits per heavy atom. The molecule has 0 aromatic heterocycles. The lowest BCUT2D eigenvalue weighted by Gasteiger charge is -2.31. The quantitative estimate of drug-likeness (QED) is 0.624. The van der Waals surface area contributed by atoms with Crippen LogP contribution in [0, 0.1) is 0 Å². The summed E-state index contributed by atoms with van der Waals surface area (Å²) >= 11 is 3.50. The van der Waals surface area contributed by atoms with Gasteiger partial charge in [0.25, 0.3) is 5.91 Å². The molecule has 0 radical (unpaired) electrons. The van der Waals surface area contributed by atoms with Crippen LogP contribution in [-0.4, -0.2) is 63.4 Å². The lowest BCUT2D eigenvalue weighted by Crippen LogP contribution is -2.46. The average Bonchev–Trinajstić information content (AvgIpc) is 2.73. The first-order chi connectivity index (χ1) is 15.0. The van der Waals surface area contributed by atoms with Crippen molar-refractivity contribution in [2.24, 2.45) is 0 Å². The van der Waals surface area contributed by atoms with Gasteiger partial charge in [0.2, 0.25) is 10.0 Å². The number of carbonyl (C=O) groups excluding carboxylic acids is 1. The fraction of sp³-hybridized carbons (Fsp3) is 0.435. The van der Waals surface area contributed by atoms with E-state index in [-0.39, 0.29) is 22.8 Å². The summed E-state index contributed by atoms with van der Waals surface area (Å²) in [4.78, 5) is 14.6. The number of benzene rings is 2. The van der Waals surface area contributed by atoms with Gasteiger partial charge >= 0.3 is 0 Å². The van der Waals surface area contributed by atoms with Gasteiger partial charge in [0.15, 0.2) is 6.61 Å². The summed E-state index contributed by atoms with van der Waals surface area (Å²) in [6.07, 6.45) is 0. The first-order valence-corrected chi connectivity index (χ1v) is 12.7. The van der Waals surface area contributed by atoms with E-state index in [0.29, 0.717) is 37.6 Å². The van der Waals surface area contributed by atoms with E-state index >= 15 is 0 Å². The third kappa shape index (κ3) is 6.10. The number of piperazine rings is 1. The molecule has 1 aliphatic rings. The maximum Gasteiger partial charge on any atom is 0.262 e. The Kier molecular flexibility index (Phi) is 7.65. The first kappa shape index (κ1) is 24.7. The third-order valence-corrected chi connectivity index (χ3v) is 7.93. The van der Waals surface area contributed by atoms with Gasteiger partial charge in [-0.2, -0.15) is 4.31 Å². The molecule has 3 rings (SSSR count). The SMILES string of the molecule is CN1CCN(S(=O)(=O)c2ccc(NC(=O)COc3ccc(C(C)(C)C)cc3Br)cc2)CC1. The van der Waals surface area contributed by atoms with E-state index in [1.807, 2.05) is 25.2 Å². The Hall–Kier alpha value is -1.94. The maximum absolute atomic E-state index is 12.8. The Labute approximate surface area is 198 Å². The molecule has 1 N–H and O–H groups in total. The van der Waals surface area contributed by atoms with Crippen molar-refractivity contribution >= 4 is 37.5 Å². The largest absolute Gasteiger partial charge is 0.483 e. The number of hydrogen-bond acceptors (Lipinski definition) is 5. The summed E-state index contributed by atoms with van der Waals surface area (Å²) in [6, 6.07) is 12.0. The Balaban J connectivity index is 1.57. The van der Waals surface area contributed by atoms with Gasteiger partial charge in [-0.25, -0.2) is 8.42 Å². The van der Waals surface area contributed by atoms with Crippen molar-refractivity contribution in [2.45, 2.75) is 31.1 Å². The highest BCUT2D eigenvalue weighted by molar-refractivity contribution is 9.10. The molecule has 0 aliphatic carbocycles. The zero-order valence-corrected chi connectivity index (χ0v) is 21.3. The molecule has 1 aliphatic heterocycles. The summed E-state index contributed by atoms with van der Waals surface area (Å²) in [7, 11) is -1.55. The van der Waals surface area contributed by atoms with Crippen LogP contribution in [0.25, 0.3) is 0 Å². The van der Waals surface area contributed by atoms with Gasteiger partial charge in [-0.3, -0.25) is 4.79 Å². The molecule has 0 unspecified atom stereocenters. The smallest absolute Gasteiger partial charge is 0.262 e. The molecule has 1 fully saturated rings. The number of ether oxygens (including phenoxy) is 1. The molecular weight excluding hydrogens is 494 g/mol. The molecule has 0 bridgehead atoms. The molecule has 2 aromatic carbocycles. The number of likely N-dealkylation sites (N-methyl/N-ethyl adjacent to an activating group) is 1. The number of nitrogens with one attached hydrogen (secondary N) is 1. The molecule has 1 heterocycles. The van der Waals surface area contributed by atoms with E-state index in [0.717, 1.165) is 10.0 Å². The fourth-order valence-electron chi connectivity index (χ4n) is 3.31. The predicted octanol–water partition coefficient (Wildman–Crippen LogP) is 3.70. The minimum absolute atomic E-state index is 0.0163. The average molecular weight is 524 g/mol. The van der Waals surface area contributed by atoms with Gasteiger partial charge < -0.3 is 15.0 Å². The molecular formula is C23H30BrN3O4S. The summed E-state index contributed by atoms with van der Waals surface area (Å²) in [5.41, 5.74) is 1.69. The molecule has 1 saturated heterocycles. The summed E-state index contributed by atoms with van der Waals surface area (Å²) < 4.78 is 33.5. The van der Waals surface area contributed by atoms with E-state index in [1.54, 1.807) is 12.1 Å². The van der Waals surface area contributed by atoms with Crippen LogP contribution in [0.3, 0.4) is 0 Å². The molecule has 9 heteroatoms. The molecule has 2 aromatic rings. The Bertz CT molecular complexity index is 1060. The van der Waals surface area contributed by atoms with Crippen LogP contribution in [0.4, 0.5) is 5.69 Å². The van der Waals surface area contributed by atoms with Crippen LogP contribution in [0.1, 0.15) is 26.3 Å². The molecule has 7 nitrogen and oxygen atoms in total. The van der Waals surface area contributed by atoms with Gasteiger partial charge in [-0.15, -0.1) is 0 Å². The normalized spacial score (nSPS) is 16.0. The highest BCUT2D eigenvalue weighted by Crippen LogP contribution is 2.31. The molecule has 0 atom stereocenters. The van der Waals surface area contributed by atoms with E-state index in [2.05, 4.69) is 46.9 Å². The van der Waals surface area contributed by atoms with Crippen LogP contribution in [-0.2, 0) is 20.2 Å². The number of carbonyl (C=O) groups is 1. The zero-order chi connectivity index (χ0) is 23.5. The molecule has 1 amide bonds. The predicted molar refractivity (Wildman–Crippen MR) is 130 cm³/mol. The monoisotopic (exact) mass is 523 g/mol. The van der Waals surface area contributed by atoms with Crippen LogP contribution >= 0.6 is 15.9 Å². The van der Waals surface area contributed by atoms with E-state index in [9.17, 15) is 13.2 Å². The third-order valence-electron chi connectivity index (χ3n) is 5.39. The molecule has 32 heavy (non-hydrogen) atoms. The van der Waals surface area contributed by atoms with Crippen LogP contribution < -0.4 is 10.1 Å². The number of amides is 1. The van der Waals surface area contributed by atoms with Crippen molar-refractivity contribution in [1.82, 2.24) is 9.21 Å². The summed E-state index contributed by atoms with van der Waals surface area (Å²) in [5, 5.41) is 2.74. The van der Waals surface area contributed by atoms with Crippen molar-refractivity contribution in [3.05, 3.63) is 52.5 Å². The minimum Gasteiger partial charge on any atom is -0.483 e. The lowest BCUT2D eigenvalue weighted by atomic mass is 9.87. The van der Waals surface area contributed by atoms with E-state index < -0.39 is 10.0 Å². The van der Waals surface area contributed by atoms with Gasteiger partial charge in [-0.05, 0) is 70.4 Å². The standard InChI is InChI=1S/C23H30BrN3O4S/c1-23(2,3)17-5-10-21(20(24)15-17)31-16-22(28)25-18-6-8-19(9-7-18)32(29,30)27-13-11-26(4)12-14-27/h5-10,15H,11-14,16H2,1-4H3,(H,25,28). The van der Waals surface area contributed by atoms with E-state index in [4.69, 9.17) is 4.74 Å². The van der Waals surface area contributed by atoms with E-state index in [1.165, 1.54) is 16.4 Å². The molecule has 0 saturated carbocycles. The van der Waals surface area contributed by atoms with Crippen molar-refractivity contribution in [3.8, 4) is 5.75 Å². The molecule has 174 valence electrons. The topological polar surface area (TPSA) is 79.0 Å². The number of sulfonamides is 1. The number of nitrogens with zero attached hydrogens (tertiary/aromatic N) is 2. The minimum atomic E-state index is -3.53. The number of halogens is 1. The zero-order valence-electron chi connectivity index (χ0n) is 18.9. The second kappa shape index (κ2) is 9.91. The highest BCUT2D eigenvalue weighted by Gasteiger charge is 2.27. The van der Waals surface area contributed by atoms with Gasteiger partial charge in [0.1, 0.15) is 5.75 Å². The van der Waals surface area contributed by atoms with Crippen LogP contribution in [0.15, 0.2) is 51.8 Å². The lowest BCUT2D eigenvalue weighted by molar-refractivity contribution is -0.118. The summed E-state index contributed by atoms with van der Waals surface area (Å²) in [6.45, 7) is 8.60. The van der Waals surface area contributed by atoms with Gasteiger partial charge in [0.05, 0.1) is 9.37 Å². The van der Waals surface area contributed by atoms with Gasteiger partial charge in [-0.1, -0.05) is 26.8 Å². The number of rotatable bonds is 6. The van der Waals surface area contributed by atoms with Crippen LogP contribution in [0.5, 0.6) is 5.75 Å². The number of anilines is 1. The second-order valence-corrected chi connectivity index (χ2v) is 11.8. The Morgan fingerprint density at radius 2 is 1.69 bits per heavy atom. The van der Waals surface area contributed by atoms with Crippen molar-refractivity contribution in [3.63, 3.8) is 0 Å². The Morgan fingerprint density at radius 1 is 1.06 bits per heavy atom. The van der Waals surface area contributed by atoms with Crippen molar-refractivity contribution in [1.29, 1.82) is 0 Å².